The van der Waals surface area contributed by atoms with Gasteiger partial charge in [0.1, 0.15) is 0 Å². The zero-order valence-electron chi connectivity index (χ0n) is 15.3. The fourth-order valence-corrected chi connectivity index (χ4v) is 10.7. The molecule has 4 heteroatoms. The van der Waals surface area contributed by atoms with Crippen molar-refractivity contribution < 1.29 is 10.2 Å². The van der Waals surface area contributed by atoms with Crippen molar-refractivity contribution in [2.24, 2.45) is 29.1 Å². The Hall–Kier alpha value is 0.360. The van der Waals surface area contributed by atoms with E-state index in [4.69, 9.17) is 0 Å². The molecule has 4 fully saturated rings. The first-order valence-electron chi connectivity index (χ1n) is 10.4. The Morgan fingerprint density at radius 3 is 2.68 bits per heavy atom. The summed E-state index contributed by atoms with van der Waals surface area (Å²) in [6.45, 7) is 2.24. The number of rotatable bonds is 1. The molecule has 4 aliphatic carbocycles. The number of aliphatic hydroxyl groups is 2. The van der Waals surface area contributed by atoms with Gasteiger partial charge in [-0.25, -0.2) is 0 Å². The van der Waals surface area contributed by atoms with Gasteiger partial charge in [0.05, 0.1) is 16.3 Å². The van der Waals surface area contributed by atoms with Crippen LogP contribution >= 0.6 is 23.5 Å². The predicted octanol–water partition coefficient (Wildman–Crippen LogP) is 4.46. The van der Waals surface area contributed by atoms with Gasteiger partial charge in [-0.3, -0.25) is 0 Å². The minimum Gasteiger partial charge on any atom is -0.393 e. The zero-order chi connectivity index (χ0) is 17.2. The van der Waals surface area contributed by atoms with Crippen LogP contribution < -0.4 is 0 Å². The fourth-order valence-electron chi connectivity index (χ4n) is 7.50. The van der Waals surface area contributed by atoms with Gasteiger partial charge in [0.15, 0.2) is 0 Å². The van der Waals surface area contributed by atoms with Crippen molar-refractivity contribution in [1.82, 2.24) is 0 Å². The Morgan fingerprint density at radius 2 is 1.92 bits per heavy atom. The SMILES string of the molecule is CC[C@]12C[C@@H](O)C3C4CCC5(C=C4CCC3C1CCC2O)SCCS5. The van der Waals surface area contributed by atoms with Crippen molar-refractivity contribution in [3.63, 3.8) is 0 Å². The normalized spacial score (nSPS) is 50.9. The summed E-state index contributed by atoms with van der Waals surface area (Å²) in [4.78, 5) is 0. The quantitative estimate of drug-likeness (QED) is 0.659. The standard InChI is InChI=1S/C21H32O2S2/c1-2-20-12-17(22)19-14-7-8-21(24-9-10-25-21)11-13(14)3-4-15(19)16(20)5-6-18(20)23/h11,14-19,22-23H,2-10,12H2,1H3/t14?,15?,16?,17-,18?,19?,20+/m1/s1. The van der Waals surface area contributed by atoms with Crippen LogP contribution in [-0.4, -0.2) is 38.0 Å². The zero-order valence-corrected chi connectivity index (χ0v) is 17.0. The summed E-state index contributed by atoms with van der Waals surface area (Å²) in [6, 6.07) is 0. The summed E-state index contributed by atoms with van der Waals surface area (Å²) < 4.78 is 0.370. The lowest BCUT2D eigenvalue weighted by molar-refractivity contribution is -0.129. The predicted molar refractivity (Wildman–Crippen MR) is 107 cm³/mol. The number of aliphatic hydroxyl groups excluding tert-OH is 2. The molecule has 1 spiro atoms. The Morgan fingerprint density at radius 1 is 1.12 bits per heavy atom. The van der Waals surface area contributed by atoms with Gasteiger partial charge < -0.3 is 10.2 Å². The maximum Gasteiger partial charge on any atom is 0.0794 e. The molecular weight excluding hydrogens is 348 g/mol. The van der Waals surface area contributed by atoms with Gasteiger partial charge in [-0.15, -0.1) is 23.5 Å². The average molecular weight is 381 g/mol. The molecule has 0 aromatic carbocycles. The van der Waals surface area contributed by atoms with Crippen LogP contribution in [0.25, 0.3) is 0 Å². The Labute approximate surface area is 160 Å². The van der Waals surface area contributed by atoms with Gasteiger partial charge in [-0.2, -0.15) is 0 Å². The number of fused-ring (bicyclic) bond motifs is 5. The fraction of sp³-hybridized carbons (Fsp3) is 0.905. The van der Waals surface area contributed by atoms with Crippen LogP contribution in [0.3, 0.4) is 0 Å². The van der Waals surface area contributed by atoms with Gasteiger partial charge in [-0.1, -0.05) is 18.6 Å². The van der Waals surface area contributed by atoms with Crippen molar-refractivity contribution in [2.75, 3.05) is 11.5 Å². The van der Waals surface area contributed by atoms with Crippen molar-refractivity contribution in [3.8, 4) is 0 Å². The summed E-state index contributed by atoms with van der Waals surface area (Å²) in [5.74, 6) is 4.96. The number of allylic oxidation sites excluding steroid dienone is 1. The molecule has 3 saturated carbocycles. The van der Waals surface area contributed by atoms with Gasteiger partial charge >= 0.3 is 0 Å². The second-order valence-corrected chi connectivity index (χ2v) is 12.3. The summed E-state index contributed by atoms with van der Waals surface area (Å²) >= 11 is 4.32. The molecule has 0 aromatic rings. The molecule has 1 aliphatic heterocycles. The number of thioether (sulfide) groups is 2. The average Bonchev–Trinajstić information content (AvgIpc) is 3.20. The summed E-state index contributed by atoms with van der Waals surface area (Å²) in [5, 5.41) is 21.9. The monoisotopic (exact) mass is 380 g/mol. The van der Waals surface area contributed by atoms with E-state index in [0.717, 1.165) is 19.3 Å². The molecule has 5 unspecified atom stereocenters. The van der Waals surface area contributed by atoms with E-state index in [0.29, 0.717) is 27.8 Å². The highest BCUT2D eigenvalue weighted by Gasteiger charge is 2.60. The molecule has 140 valence electrons. The molecule has 7 atom stereocenters. The third-order valence-corrected chi connectivity index (χ3v) is 12.0. The van der Waals surface area contributed by atoms with E-state index < -0.39 is 0 Å². The second-order valence-electron chi connectivity index (χ2n) is 9.21. The highest BCUT2D eigenvalue weighted by Crippen LogP contribution is 2.64. The van der Waals surface area contributed by atoms with Crippen molar-refractivity contribution in [2.45, 2.75) is 74.6 Å². The maximum absolute atomic E-state index is 11.2. The topological polar surface area (TPSA) is 40.5 Å². The van der Waals surface area contributed by atoms with Crippen molar-refractivity contribution >= 4 is 23.5 Å². The Balaban J connectivity index is 1.46. The highest BCUT2D eigenvalue weighted by molar-refractivity contribution is 8.21. The van der Waals surface area contributed by atoms with Crippen LogP contribution in [0, 0.1) is 29.1 Å². The molecule has 2 N–H and O–H groups in total. The van der Waals surface area contributed by atoms with Crippen LogP contribution in [0.1, 0.15) is 58.3 Å². The van der Waals surface area contributed by atoms with E-state index in [-0.39, 0.29) is 17.6 Å². The first kappa shape index (κ1) is 17.5. The third kappa shape index (κ3) is 2.46. The van der Waals surface area contributed by atoms with E-state index in [9.17, 15) is 10.2 Å². The lowest BCUT2D eigenvalue weighted by Gasteiger charge is -2.57. The Kier molecular flexibility index (Phi) is 4.32. The molecule has 0 amide bonds. The molecule has 0 radical (unpaired) electrons. The van der Waals surface area contributed by atoms with Crippen LogP contribution in [-0.2, 0) is 0 Å². The second kappa shape index (κ2) is 6.18. The van der Waals surface area contributed by atoms with Gasteiger partial charge in [0.2, 0.25) is 0 Å². The van der Waals surface area contributed by atoms with E-state index in [1.807, 2.05) is 0 Å². The molecule has 1 saturated heterocycles. The number of hydrogen-bond acceptors (Lipinski definition) is 4. The molecule has 5 aliphatic rings. The van der Waals surface area contributed by atoms with E-state index >= 15 is 0 Å². The van der Waals surface area contributed by atoms with E-state index in [1.165, 1.54) is 43.6 Å². The van der Waals surface area contributed by atoms with Gasteiger partial charge in [0.25, 0.3) is 0 Å². The molecule has 5 rings (SSSR count). The van der Waals surface area contributed by atoms with Crippen molar-refractivity contribution in [3.05, 3.63) is 11.6 Å². The van der Waals surface area contributed by atoms with Crippen LogP contribution in [0.5, 0.6) is 0 Å². The Bertz CT molecular complexity index is 570. The molecular formula is C21H32O2S2. The van der Waals surface area contributed by atoms with Gasteiger partial charge in [-0.05, 0) is 75.0 Å². The highest BCUT2D eigenvalue weighted by atomic mass is 32.2. The summed E-state index contributed by atoms with van der Waals surface area (Å²) in [6.07, 6.45) is 11.3. The van der Waals surface area contributed by atoms with Crippen molar-refractivity contribution in [1.29, 1.82) is 0 Å². The van der Waals surface area contributed by atoms with Crippen LogP contribution in [0.4, 0.5) is 0 Å². The number of hydrogen-bond donors (Lipinski definition) is 2. The maximum atomic E-state index is 11.2. The molecule has 0 aromatic heterocycles. The summed E-state index contributed by atoms with van der Waals surface area (Å²) in [7, 11) is 0. The van der Waals surface area contributed by atoms with Crippen LogP contribution in [0.2, 0.25) is 0 Å². The van der Waals surface area contributed by atoms with E-state index in [2.05, 4.69) is 36.5 Å². The third-order valence-electron chi connectivity index (χ3n) is 8.55. The molecule has 25 heavy (non-hydrogen) atoms. The summed E-state index contributed by atoms with van der Waals surface area (Å²) in [5.41, 5.74) is 1.69. The molecule has 0 bridgehead atoms. The minimum atomic E-state index is -0.208. The largest absolute Gasteiger partial charge is 0.393 e. The smallest absolute Gasteiger partial charge is 0.0794 e. The molecule has 1 heterocycles. The first-order chi connectivity index (χ1) is 12.1. The molecule has 2 nitrogen and oxygen atoms in total. The lowest BCUT2D eigenvalue weighted by Crippen LogP contribution is -2.55. The van der Waals surface area contributed by atoms with Crippen LogP contribution in [0.15, 0.2) is 11.6 Å². The first-order valence-corrected chi connectivity index (χ1v) is 12.4. The van der Waals surface area contributed by atoms with Gasteiger partial charge in [0, 0.05) is 16.9 Å². The minimum absolute atomic E-state index is 0.00878. The van der Waals surface area contributed by atoms with E-state index in [1.54, 1.807) is 5.57 Å². The lowest BCUT2D eigenvalue weighted by atomic mass is 9.50.